The van der Waals surface area contributed by atoms with E-state index in [2.05, 4.69) is 0 Å². The first kappa shape index (κ1) is 15.3. The third kappa shape index (κ3) is 2.20. The molecule has 0 amide bonds. The van der Waals surface area contributed by atoms with Gasteiger partial charge in [0.15, 0.2) is 0 Å². The van der Waals surface area contributed by atoms with Crippen LogP contribution in [-0.2, 0) is 16.6 Å². The van der Waals surface area contributed by atoms with E-state index in [0.29, 0.717) is 27.9 Å². The van der Waals surface area contributed by atoms with Crippen molar-refractivity contribution in [2.75, 3.05) is 0 Å². The van der Waals surface area contributed by atoms with Gasteiger partial charge in [0.1, 0.15) is 4.75 Å². The summed E-state index contributed by atoms with van der Waals surface area (Å²) in [6.45, 7) is 1.54. The van der Waals surface area contributed by atoms with Gasteiger partial charge in [0, 0.05) is 11.6 Å². The highest BCUT2D eigenvalue weighted by molar-refractivity contribution is 7.91. The molecule has 22 heavy (non-hydrogen) atoms. The first-order chi connectivity index (χ1) is 10.4. The van der Waals surface area contributed by atoms with Crippen molar-refractivity contribution in [3.63, 3.8) is 0 Å². The SMILES string of the molecule is CC1(S(=O)(=O)n2cc(Cl)c3ccc(CO)cc32)C=CC=CC1. The molecule has 1 heterocycles. The largest absolute Gasteiger partial charge is 0.392 e. The zero-order valence-corrected chi connectivity index (χ0v) is 13.6. The van der Waals surface area contributed by atoms with E-state index in [1.54, 1.807) is 37.3 Å². The summed E-state index contributed by atoms with van der Waals surface area (Å²) in [6, 6.07) is 5.12. The number of allylic oxidation sites excluding steroid dienone is 3. The first-order valence-electron chi connectivity index (χ1n) is 6.89. The molecule has 0 spiro atoms. The van der Waals surface area contributed by atoms with Crippen molar-refractivity contribution in [1.82, 2.24) is 3.97 Å². The highest BCUT2D eigenvalue weighted by Gasteiger charge is 2.38. The van der Waals surface area contributed by atoms with Crippen molar-refractivity contribution < 1.29 is 13.5 Å². The van der Waals surface area contributed by atoms with E-state index < -0.39 is 14.8 Å². The topological polar surface area (TPSA) is 59.3 Å². The van der Waals surface area contributed by atoms with Crippen LogP contribution in [0.5, 0.6) is 0 Å². The maximum atomic E-state index is 13.1. The molecular weight excluding hydrogens is 322 g/mol. The van der Waals surface area contributed by atoms with Crippen LogP contribution in [0.1, 0.15) is 18.9 Å². The zero-order chi connectivity index (χ0) is 16.0. The van der Waals surface area contributed by atoms with Crippen LogP contribution in [0.2, 0.25) is 5.02 Å². The van der Waals surface area contributed by atoms with Gasteiger partial charge in [-0.1, -0.05) is 48.0 Å². The van der Waals surface area contributed by atoms with Crippen molar-refractivity contribution >= 4 is 32.5 Å². The molecule has 4 nitrogen and oxygen atoms in total. The minimum absolute atomic E-state index is 0.154. The van der Waals surface area contributed by atoms with Crippen LogP contribution < -0.4 is 0 Å². The van der Waals surface area contributed by atoms with Crippen LogP contribution in [0.4, 0.5) is 0 Å². The number of rotatable bonds is 3. The zero-order valence-electron chi connectivity index (χ0n) is 12.0. The van der Waals surface area contributed by atoms with Gasteiger partial charge in [0.05, 0.1) is 17.1 Å². The highest BCUT2D eigenvalue weighted by Crippen LogP contribution is 2.34. The summed E-state index contributed by atoms with van der Waals surface area (Å²) in [6.07, 6.45) is 8.94. The molecule has 0 aliphatic heterocycles. The summed E-state index contributed by atoms with van der Waals surface area (Å²) >= 11 is 6.18. The van der Waals surface area contributed by atoms with Crippen molar-refractivity contribution in [2.45, 2.75) is 24.7 Å². The molecule has 0 saturated heterocycles. The van der Waals surface area contributed by atoms with Crippen molar-refractivity contribution in [1.29, 1.82) is 0 Å². The van der Waals surface area contributed by atoms with E-state index in [1.165, 1.54) is 10.2 Å². The number of aromatic nitrogens is 1. The van der Waals surface area contributed by atoms with Gasteiger partial charge >= 0.3 is 0 Å². The Kier molecular flexibility index (Phi) is 3.67. The number of aliphatic hydroxyl groups excluding tert-OH is 1. The van der Waals surface area contributed by atoms with Crippen LogP contribution in [0.3, 0.4) is 0 Å². The Labute approximate surface area is 134 Å². The molecule has 2 aromatic rings. The third-order valence-corrected chi connectivity index (χ3v) is 6.64. The monoisotopic (exact) mass is 337 g/mol. The molecule has 0 saturated carbocycles. The van der Waals surface area contributed by atoms with Crippen LogP contribution in [0.15, 0.2) is 48.7 Å². The van der Waals surface area contributed by atoms with Gasteiger partial charge in [-0.3, -0.25) is 0 Å². The fourth-order valence-corrected chi connectivity index (χ4v) is 4.60. The Hall–Kier alpha value is -1.56. The fourth-order valence-electron chi connectivity index (χ4n) is 2.62. The molecule has 116 valence electrons. The lowest BCUT2D eigenvalue weighted by atomic mass is 10.0. The molecule has 3 rings (SSSR count). The van der Waals surface area contributed by atoms with Gasteiger partial charge in [-0.25, -0.2) is 12.4 Å². The van der Waals surface area contributed by atoms with Gasteiger partial charge in [-0.15, -0.1) is 0 Å². The predicted octanol–water partition coefficient (Wildman–Crippen LogP) is 3.24. The van der Waals surface area contributed by atoms with E-state index in [1.807, 2.05) is 12.2 Å². The Bertz CT molecular complexity index is 895. The quantitative estimate of drug-likeness (QED) is 0.935. The van der Waals surface area contributed by atoms with E-state index in [4.69, 9.17) is 11.6 Å². The molecule has 1 aliphatic carbocycles. The van der Waals surface area contributed by atoms with E-state index in [9.17, 15) is 13.5 Å². The van der Waals surface area contributed by atoms with Crippen LogP contribution in [-0.4, -0.2) is 22.2 Å². The molecule has 0 fully saturated rings. The lowest BCUT2D eigenvalue weighted by molar-refractivity contribution is 0.282. The van der Waals surface area contributed by atoms with Crippen LogP contribution >= 0.6 is 11.6 Å². The Morgan fingerprint density at radius 1 is 1.36 bits per heavy atom. The number of fused-ring (bicyclic) bond motifs is 1. The maximum absolute atomic E-state index is 13.1. The molecule has 1 atom stereocenters. The van der Waals surface area contributed by atoms with Gasteiger partial charge in [-0.2, -0.15) is 0 Å². The molecule has 1 aromatic carbocycles. The van der Waals surface area contributed by atoms with E-state index in [0.717, 1.165) is 0 Å². The lowest BCUT2D eigenvalue weighted by Gasteiger charge is -2.27. The summed E-state index contributed by atoms with van der Waals surface area (Å²) in [5.74, 6) is 0. The lowest BCUT2D eigenvalue weighted by Crippen LogP contribution is -2.37. The van der Waals surface area contributed by atoms with Crippen molar-refractivity contribution in [3.05, 3.63) is 59.3 Å². The minimum Gasteiger partial charge on any atom is -0.392 e. The number of hydrogen-bond acceptors (Lipinski definition) is 3. The molecule has 0 radical (unpaired) electrons. The first-order valence-corrected chi connectivity index (χ1v) is 8.71. The molecule has 6 heteroatoms. The second-order valence-corrected chi connectivity index (χ2v) is 8.27. The Morgan fingerprint density at radius 3 is 2.77 bits per heavy atom. The second-order valence-electron chi connectivity index (χ2n) is 5.59. The smallest absolute Gasteiger partial charge is 0.248 e. The van der Waals surface area contributed by atoms with Crippen molar-refractivity contribution in [3.8, 4) is 0 Å². The second kappa shape index (κ2) is 5.26. The van der Waals surface area contributed by atoms with Gasteiger partial charge in [-0.05, 0) is 25.0 Å². The standard InChI is InChI=1S/C16H16ClNO3S/c1-16(7-3-2-4-8-16)22(20,21)18-10-14(17)13-6-5-12(11-19)9-15(13)18/h2-7,9-10,19H,8,11H2,1H3. The van der Waals surface area contributed by atoms with Crippen LogP contribution in [0.25, 0.3) is 10.9 Å². The predicted molar refractivity (Wildman–Crippen MR) is 88.5 cm³/mol. The Morgan fingerprint density at radius 2 is 2.14 bits per heavy atom. The number of nitrogens with zero attached hydrogens (tertiary/aromatic N) is 1. The summed E-state index contributed by atoms with van der Waals surface area (Å²) in [7, 11) is -3.68. The van der Waals surface area contributed by atoms with Crippen LogP contribution in [0, 0.1) is 0 Å². The summed E-state index contributed by atoms with van der Waals surface area (Å²) in [5, 5.41) is 10.3. The van der Waals surface area contributed by atoms with Crippen molar-refractivity contribution in [2.24, 2.45) is 0 Å². The molecule has 1 unspecified atom stereocenters. The molecule has 1 N–H and O–H groups in total. The molecular formula is C16H16ClNO3S. The summed E-state index contributed by atoms with van der Waals surface area (Å²) < 4.78 is 26.4. The average Bonchev–Trinajstić information content (AvgIpc) is 2.85. The normalized spacial score (nSPS) is 21.6. The fraction of sp³-hybridized carbons (Fsp3) is 0.250. The number of aliphatic hydroxyl groups is 1. The molecule has 0 bridgehead atoms. The average molecular weight is 338 g/mol. The van der Waals surface area contributed by atoms with E-state index in [-0.39, 0.29) is 6.61 Å². The highest BCUT2D eigenvalue weighted by atomic mass is 35.5. The summed E-state index contributed by atoms with van der Waals surface area (Å²) in [4.78, 5) is 0. The van der Waals surface area contributed by atoms with Gasteiger partial charge in [0.25, 0.3) is 0 Å². The summed E-state index contributed by atoms with van der Waals surface area (Å²) in [5.41, 5.74) is 1.13. The van der Waals surface area contributed by atoms with Gasteiger partial charge < -0.3 is 5.11 Å². The minimum atomic E-state index is -3.68. The number of hydrogen-bond donors (Lipinski definition) is 1. The third-order valence-electron chi connectivity index (χ3n) is 4.04. The molecule has 1 aromatic heterocycles. The molecule has 1 aliphatic rings. The maximum Gasteiger partial charge on any atom is 0.248 e. The van der Waals surface area contributed by atoms with E-state index >= 15 is 0 Å². The number of benzene rings is 1. The number of halogens is 1. The van der Waals surface area contributed by atoms with Gasteiger partial charge in [0.2, 0.25) is 10.0 Å². The Balaban J connectivity index is 2.25.